The Kier molecular flexibility index (Phi) is 8.30. The number of pyridine rings is 1. The number of hydrogen-bond donors (Lipinski definition) is 2. The van der Waals surface area contributed by atoms with Crippen LogP contribution >= 0.6 is 0 Å². The van der Waals surface area contributed by atoms with Crippen molar-refractivity contribution in [2.75, 3.05) is 49.1 Å². The van der Waals surface area contributed by atoms with Crippen LogP contribution in [0.2, 0.25) is 0 Å². The number of rotatable bonds is 8. The van der Waals surface area contributed by atoms with Gasteiger partial charge in [-0.15, -0.1) is 0 Å². The fourth-order valence-corrected chi connectivity index (χ4v) is 3.47. The summed E-state index contributed by atoms with van der Waals surface area (Å²) in [7, 11) is 0. The predicted octanol–water partition coefficient (Wildman–Crippen LogP) is 3.40. The van der Waals surface area contributed by atoms with Crippen LogP contribution in [-0.4, -0.2) is 50.2 Å². The van der Waals surface area contributed by atoms with Gasteiger partial charge in [-0.05, 0) is 55.3 Å². The van der Waals surface area contributed by atoms with E-state index in [0.717, 1.165) is 75.1 Å². The SMILES string of the molecule is CCCCNC(=NCc1ccnc(N2CCN(c3ccc(F)cc3)CC2)c1)NCC. The van der Waals surface area contributed by atoms with Gasteiger partial charge in [0.2, 0.25) is 0 Å². The number of hydrogen-bond acceptors (Lipinski definition) is 4. The van der Waals surface area contributed by atoms with Crippen molar-refractivity contribution in [1.29, 1.82) is 0 Å². The topological polar surface area (TPSA) is 55.8 Å². The zero-order valence-electron chi connectivity index (χ0n) is 18.1. The van der Waals surface area contributed by atoms with Gasteiger partial charge in [0.1, 0.15) is 11.6 Å². The van der Waals surface area contributed by atoms with Crippen LogP contribution < -0.4 is 20.4 Å². The molecule has 1 aliphatic heterocycles. The fraction of sp³-hybridized carbons (Fsp3) is 0.478. The van der Waals surface area contributed by atoms with Crippen molar-refractivity contribution in [2.45, 2.75) is 33.2 Å². The molecule has 1 aliphatic rings. The largest absolute Gasteiger partial charge is 0.368 e. The van der Waals surface area contributed by atoms with Crippen molar-refractivity contribution >= 4 is 17.5 Å². The highest BCUT2D eigenvalue weighted by Gasteiger charge is 2.18. The molecular weight excluding hydrogens is 379 g/mol. The molecule has 162 valence electrons. The highest BCUT2D eigenvalue weighted by molar-refractivity contribution is 5.79. The van der Waals surface area contributed by atoms with Crippen LogP contribution in [0.25, 0.3) is 0 Å². The van der Waals surface area contributed by atoms with Gasteiger partial charge in [-0.3, -0.25) is 0 Å². The molecule has 0 unspecified atom stereocenters. The van der Waals surface area contributed by atoms with Gasteiger partial charge < -0.3 is 20.4 Å². The van der Waals surface area contributed by atoms with E-state index in [9.17, 15) is 4.39 Å². The minimum absolute atomic E-state index is 0.195. The number of aliphatic imine (C=N–C) groups is 1. The molecule has 1 aromatic heterocycles. The van der Waals surface area contributed by atoms with Crippen molar-refractivity contribution in [3.8, 4) is 0 Å². The Morgan fingerprint density at radius 1 is 1.03 bits per heavy atom. The van der Waals surface area contributed by atoms with Gasteiger partial charge in [0.05, 0.1) is 6.54 Å². The summed E-state index contributed by atoms with van der Waals surface area (Å²) < 4.78 is 13.2. The average Bonchev–Trinajstić information content (AvgIpc) is 2.78. The summed E-state index contributed by atoms with van der Waals surface area (Å²) in [6, 6.07) is 10.9. The summed E-state index contributed by atoms with van der Waals surface area (Å²) in [6.07, 6.45) is 4.16. The summed E-state index contributed by atoms with van der Waals surface area (Å²) in [6.45, 7) is 10.2. The summed E-state index contributed by atoms with van der Waals surface area (Å²) in [5, 5.41) is 6.68. The zero-order valence-corrected chi connectivity index (χ0v) is 18.1. The Hall–Kier alpha value is -2.83. The molecule has 0 saturated carbocycles. The van der Waals surface area contributed by atoms with Crippen LogP contribution in [0.1, 0.15) is 32.3 Å². The van der Waals surface area contributed by atoms with E-state index >= 15 is 0 Å². The van der Waals surface area contributed by atoms with Gasteiger partial charge in [-0.25, -0.2) is 14.4 Å². The van der Waals surface area contributed by atoms with Crippen molar-refractivity contribution in [3.05, 3.63) is 54.0 Å². The van der Waals surface area contributed by atoms with Crippen molar-refractivity contribution < 1.29 is 4.39 Å². The summed E-state index contributed by atoms with van der Waals surface area (Å²) >= 11 is 0. The molecule has 0 radical (unpaired) electrons. The van der Waals surface area contributed by atoms with Crippen LogP contribution in [-0.2, 0) is 6.54 Å². The first-order valence-corrected chi connectivity index (χ1v) is 10.9. The third-order valence-corrected chi connectivity index (χ3v) is 5.19. The first kappa shape index (κ1) is 21.9. The van der Waals surface area contributed by atoms with Gasteiger partial charge in [0, 0.05) is 51.2 Å². The first-order chi connectivity index (χ1) is 14.7. The third-order valence-electron chi connectivity index (χ3n) is 5.19. The molecule has 30 heavy (non-hydrogen) atoms. The Morgan fingerprint density at radius 3 is 2.47 bits per heavy atom. The summed E-state index contributed by atoms with van der Waals surface area (Å²) in [5.74, 6) is 1.65. The zero-order chi connectivity index (χ0) is 21.2. The van der Waals surface area contributed by atoms with E-state index in [0.29, 0.717) is 6.54 Å². The molecule has 0 aliphatic carbocycles. The lowest BCUT2D eigenvalue weighted by Gasteiger charge is -2.36. The third kappa shape index (κ3) is 6.34. The number of nitrogens with zero attached hydrogens (tertiary/aromatic N) is 4. The maximum atomic E-state index is 13.2. The molecule has 0 spiro atoms. The lowest BCUT2D eigenvalue weighted by molar-refractivity contribution is 0.624. The minimum atomic E-state index is -0.195. The molecule has 2 aromatic rings. The quantitative estimate of drug-likeness (QED) is 0.395. The standard InChI is InChI=1S/C23H33FN6/c1-3-5-11-27-23(25-4-2)28-18-19-10-12-26-22(17-19)30-15-13-29(14-16-30)21-8-6-20(24)7-9-21/h6-10,12,17H,3-5,11,13-16,18H2,1-2H3,(H2,25,27,28). The molecule has 0 amide bonds. The lowest BCUT2D eigenvalue weighted by Crippen LogP contribution is -2.46. The normalized spacial score (nSPS) is 14.7. The van der Waals surface area contributed by atoms with Crippen LogP contribution in [0.15, 0.2) is 47.6 Å². The summed E-state index contributed by atoms with van der Waals surface area (Å²) in [5.41, 5.74) is 2.22. The van der Waals surface area contributed by atoms with E-state index in [1.54, 1.807) is 0 Å². The number of guanidine groups is 1. The molecule has 2 heterocycles. The van der Waals surface area contributed by atoms with E-state index in [1.165, 1.54) is 12.1 Å². The molecule has 3 rings (SSSR count). The predicted molar refractivity (Wildman–Crippen MR) is 123 cm³/mol. The van der Waals surface area contributed by atoms with Crippen molar-refractivity contribution in [2.24, 2.45) is 4.99 Å². The fourth-order valence-electron chi connectivity index (χ4n) is 3.47. The maximum absolute atomic E-state index is 13.2. The molecule has 0 atom stereocenters. The van der Waals surface area contributed by atoms with Crippen molar-refractivity contribution in [1.82, 2.24) is 15.6 Å². The van der Waals surface area contributed by atoms with Crippen molar-refractivity contribution in [3.63, 3.8) is 0 Å². The summed E-state index contributed by atoms with van der Waals surface area (Å²) in [4.78, 5) is 13.9. The van der Waals surface area contributed by atoms with Gasteiger partial charge in [0.15, 0.2) is 5.96 Å². The molecule has 1 aromatic carbocycles. The van der Waals surface area contributed by atoms with E-state index in [-0.39, 0.29) is 5.82 Å². The van der Waals surface area contributed by atoms with Gasteiger partial charge in [-0.1, -0.05) is 13.3 Å². The molecule has 2 N–H and O–H groups in total. The van der Waals surface area contributed by atoms with Crippen LogP contribution in [0, 0.1) is 5.82 Å². The second-order valence-electron chi connectivity index (χ2n) is 7.45. The lowest BCUT2D eigenvalue weighted by atomic mass is 10.2. The highest BCUT2D eigenvalue weighted by Crippen LogP contribution is 2.20. The van der Waals surface area contributed by atoms with E-state index in [2.05, 4.69) is 45.3 Å². The number of unbranched alkanes of at least 4 members (excludes halogenated alkanes) is 1. The molecule has 0 bridgehead atoms. The Balaban J connectivity index is 1.57. The molecule has 6 nitrogen and oxygen atoms in total. The average molecular weight is 413 g/mol. The molecule has 1 saturated heterocycles. The number of anilines is 2. The Labute approximate surface area is 179 Å². The van der Waals surface area contributed by atoms with E-state index in [4.69, 9.17) is 4.99 Å². The number of aromatic nitrogens is 1. The molecule has 7 heteroatoms. The second kappa shape index (κ2) is 11.4. The minimum Gasteiger partial charge on any atom is -0.368 e. The highest BCUT2D eigenvalue weighted by atomic mass is 19.1. The number of piperazine rings is 1. The van der Waals surface area contributed by atoms with E-state index in [1.807, 2.05) is 24.4 Å². The van der Waals surface area contributed by atoms with Gasteiger partial charge in [0.25, 0.3) is 0 Å². The smallest absolute Gasteiger partial charge is 0.191 e. The maximum Gasteiger partial charge on any atom is 0.191 e. The number of halogens is 1. The second-order valence-corrected chi connectivity index (χ2v) is 7.45. The molecular formula is C23H33FN6. The number of nitrogens with one attached hydrogen (secondary N) is 2. The number of benzene rings is 1. The Bertz CT molecular complexity index is 800. The molecule has 1 fully saturated rings. The monoisotopic (exact) mass is 412 g/mol. The van der Waals surface area contributed by atoms with Gasteiger partial charge in [-0.2, -0.15) is 0 Å². The Morgan fingerprint density at radius 2 is 1.77 bits per heavy atom. The van der Waals surface area contributed by atoms with Crippen LogP contribution in [0.3, 0.4) is 0 Å². The first-order valence-electron chi connectivity index (χ1n) is 10.9. The van der Waals surface area contributed by atoms with Gasteiger partial charge >= 0.3 is 0 Å². The van der Waals surface area contributed by atoms with Crippen LogP contribution in [0.5, 0.6) is 0 Å². The van der Waals surface area contributed by atoms with E-state index < -0.39 is 0 Å². The van der Waals surface area contributed by atoms with Crippen LogP contribution in [0.4, 0.5) is 15.9 Å².